The molecule has 2 aromatic rings. The number of carboxylic acid groups (broad SMARTS) is 1. The molecule has 20 heavy (non-hydrogen) atoms. The topological polar surface area (TPSA) is 79.3 Å². The number of hydrogen-bond acceptors (Lipinski definition) is 3. The van der Waals surface area contributed by atoms with Crippen LogP contribution in [0.4, 0.5) is 10.2 Å². The monoisotopic (exact) mass is 338 g/mol. The number of rotatable bonds is 3. The third-order valence-corrected chi connectivity index (χ3v) is 3.21. The van der Waals surface area contributed by atoms with Gasteiger partial charge in [-0.3, -0.25) is 4.79 Å². The van der Waals surface area contributed by atoms with Crippen molar-refractivity contribution in [3.8, 4) is 0 Å². The number of anilines is 1. The molecule has 0 aliphatic rings. The lowest BCUT2D eigenvalue weighted by Gasteiger charge is -2.07. The molecule has 0 aliphatic heterocycles. The lowest BCUT2D eigenvalue weighted by atomic mass is 10.2. The Morgan fingerprint density at radius 2 is 1.90 bits per heavy atom. The summed E-state index contributed by atoms with van der Waals surface area (Å²) in [5.74, 6) is -2.28. The molecule has 7 heteroatoms. The smallest absolute Gasteiger partial charge is 0.354 e. The third kappa shape index (κ3) is 3.00. The van der Waals surface area contributed by atoms with Crippen molar-refractivity contribution in [2.24, 2.45) is 0 Å². The second kappa shape index (κ2) is 5.79. The van der Waals surface area contributed by atoms with Crippen molar-refractivity contribution >= 4 is 33.6 Å². The molecule has 0 aliphatic carbocycles. The molecule has 0 radical (unpaired) electrons. The summed E-state index contributed by atoms with van der Waals surface area (Å²) in [6.07, 6.45) is 0. The van der Waals surface area contributed by atoms with E-state index in [9.17, 15) is 14.0 Å². The van der Waals surface area contributed by atoms with E-state index in [0.29, 0.717) is 0 Å². The second-order valence-electron chi connectivity index (χ2n) is 3.77. The van der Waals surface area contributed by atoms with Crippen LogP contribution in [0.5, 0.6) is 0 Å². The summed E-state index contributed by atoms with van der Waals surface area (Å²) in [6.45, 7) is 0. The van der Waals surface area contributed by atoms with Crippen LogP contribution in [0.2, 0.25) is 0 Å². The molecule has 1 aromatic carbocycles. The number of carboxylic acids is 1. The molecular weight excluding hydrogens is 331 g/mol. The van der Waals surface area contributed by atoms with Crippen LogP contribution in [0, 0.1) is 5.82 Å². The summed E-state index contributed by atoms with van der Waals surface area (Å²) in [5.41, 5.74) is -0.103. The Hall–Kier alpha value is -2.28. The average Bonchev–Trinajstić information content (AvgIpc) is 2.42. The van der Waals surface area contributed by atoms with Crippen molar-refractivity contribution in [1.82, 2.24) is 4.98 Å². The minimum absolute atomic E-state index is 0.0342. The van der Waals surface area contributed by atoms with Crippen molar-refractivity contribution in [2.75, 3.05) is 5.32 Å². The summed E-state index contributed by atoms with van der Waals surface area (Å²) in [4.78, 5) is 26.5. The average molecular weight is 339 g/mol. The van der Waals surface area contributed by atoms with Gasteiger partial charge in [0.25, 0.3) is 5.91 Å². The highest BCUT2D eigenvalue weighted by Gasteiger charge is 2.14. The van der Waals surface area contributed by atoms with E-state index in [0.717, 1.165) is 0 Å². The van der Waals surface area contributed by atoms with Gasteiger partial charge in [-0.1, -0.05) is 12.1 Å². The SMILES string of the molecule is O=C(O)c1cccc(NC(=O)c2cccc(F)c2Br)n1. The van der Waals surface area contributed by atoms with Crippen LogP contribution < -0.4 is 5.32 Å². The summed E-state index contributed by atoms with van der Waals surface area (Å²) < 4.78 is 13.4. The lowest BCUT2D eigenvalue weighted by molar-refractivity contribution is 0.0690. The molecule has 0 bridgehead atoms. The first kappa shape index (κ1) is 14.1. The van der Waals surface area contributed by atoms with Crippen molar-refractivity contribution in [3.05, 3.63) is 57.9 Å². The fraction of sp³-hybridized carbons (Fsp3) is 0. The number of nitrogens with zero attached hydrogens (tertiary/aromatic N) is 1. The Morgan fingerprint density at radius 3 is 2.60 bits per heavy atom. The van der Waals surface area contributed by atoms with Crippen LogP contribution in [-0.4, -0.2) is 22.0 Å². The summed E-state index contributed by atoms with van der Waals surface area (Å²) in [6, 6.07) is 8.24. The maximum atomic E-state index is 13.3. The van der Waals surface area contributed by atoms with E-state index in [2.05, 4.69) is 26.2 Å². The minimum Gasteiger partial charge on any atom is -0.477 e. The number of carbonyl (C=O) groups is 2. The van der Waals surface area contributed by atoms with E-state index >= 15 is 0 Å². The van der Waals surface area contributed by atoms with Gasteiger partial charge < -0.3 is 10.4 Å². The molecule has 2 rings (SSSR count). The standard InChI is InChI=1S/C13H8BrFN2O3/c14-11-7(3-1-4-8(11)15)12(18)17-10-6-2-5-9(16-10)13(19)20/h1-6H,(H,19,20)(H,16,17,18). The van der Waals surface area contributed by atoms with E-state index in [-0.39, 0.29) is 21.5 Å². The molecule has 1 aromatic heterocycles. The summed E-state index contributed by atoms with van der Waals surface area (Å²) in [7, 11) is 0. The largest absolute Gasteiger partial charge is 0.477 e. The zero-order valence-corrected chi connectivity index (χ0v) is 11.5. The van der Waals surface area contributed by atoms with Crippen LogP contribution in [0.15, 0.2) is 40.9 Å². The van der Waals surface area contributed by atoms with Crippen molar-refractivity contribution < 1.29 is 19.1 Å². The second-order valence-corrected chi connectivity index (χ2v) is 4.56. The number of carbonyl (C=O) groups excluding carboxylic acids is 1. The van der Waals surface area contributed by atoms with Gasteiger partial charge in [-0.2, -0.15) is 0 Å². The van der Waals surface area contributed by atoms with Gasteiger partial charge in [0, 0.05) is 0 Å². The number of hydrogen-bond donors (Lipinski definition) is 2. The number of benzene rings is 1. The van der Waals surface area contributed by atoms with Crippen LogP contribution in [0.25, 0.3) is 0 Å². The van der Waals surface area contributed by atoms with Crippen molar-refractivity contribution in [1.29, 1.82) is 0 Å². The molecule has 0 spiro atoms. The number of amides is 1. The Balaban J connectivity index is 2.26. The zero-order valence-electron chi connectivity index (χ0n) is 9.93. The maximum absolute atomic E-state index is 13.3. The first-order valence-electron chi connectivity index (χ1n) is 5.45. The molecule has 1 amide bonds. The Bertz CT molecular complexity index is 691. The Kier molecular flexibility index (Phi) is 4.09. The van der Waals surface area contributed by atoms with Crippen molar-refractivity contribution in [3.63, 3.8) is 0 Å². The maximum Gasteiger partial charge on any atom is 0.354 e. The predicted octanol–water partition coefficient (Wildman–Crippen LogP) is 2.93. The first-order chi connectivity index (χ1) is 9.49. The molecule has 5 nitrogen and oxygen atoms in total. The molecule has 0 atom stereocenters. The normalized spacial score (nSPS) is 10.1. The number of pyridine rings is 1. The quantitative estimate of drug-likeness (QED) is 0.901. The molecular formula is C13H8BrFN2O3. The van der Waals surface area contributed by atoms with E-state index in [1.165, 1.54) is 36.4 Å². The minimum atomic E-state index is -1.20. The fourth-order valence-electron chi connectivity index (χ4n) is 1.49. The highest BCUT2D eigenvalue weighted by molar-refractivity contribution is 9.10. The van der Waals surface area contributed by atoms with Crippen LogP contribution >= 0.6 is 15.9 Å². The highest BCUT2D eigenvalue weighted by atomic mass is 79.9. The zero-order chi connectivity index (χ0) is 14.7. The number of nitrogens with one attached hydrogen (secondary N) is 1. The van der Waals surface area contributed by atoms with Crippen molar-refractivity contribution in [2.45, 2.75) is 0 Å². The molecule has 0 unspecified atom stereocenters. The van der Waals surface area contributed by atoms with Crippen LogP contribution in [0.1, 0.15) is 20.8 Å². The van der Waals surface area contributed by atoms with Gasteiger partial charge in [-0.15, -0.1) is 0 Å². The number of aromatic carboxylic acids is 1. The molecule has 0 saturated carbocycles. The third-order valence-electron chi connectivity index (χ3n) is 2.41. The first-order valence-corrected chi connectivity index (χ1v) is 6.24. The number of aromatic nitrogens is 1. The van der Waals surface area contributed by atoms with Gasteiger partial charge in [0.15, 0.2) is 5.69 Å². The fourth-order valence-corrected chi connectivity index (χ4v) is 1.93. The number of halogens is 2. The van der Waals surface area contributed by atoms with Gasteiger partial charge in [-0.05, 0) is 40.2 Å². The lowest BCUT2D eigenvalue weighted by Crippen LogP contribution is -2.15. The molecule has 0 fully saturated rings. The van der Waals surface area contributed by atoms with Gasteiger partial charge in [0.2, 0.25) is 0 Å². The Morgan fingerprint density at radius 1 is 1.20 bits per heavy atom. The van der Waals surface area contributed by atoms with Gasteiger partial charge in [0.1, 0.15) is 11.6 Å². The summed E-state index contributed by atoms with van der Waals surface area (Å²) >= 11 is 2.98. The van der Waals surface area contributed by atoms with E-state index in [1.54, 1.807) is 0 Å². The van der Waals surface area contributed by atoms with Crippen LogP contribution in [-0.2, 0) is 0 Å². The summed E-state index contributed by atoms with van der Waals surface area (Å²) in [5, 5.41) is 11.2. The molecule has 1 heterocycles. The highest BCUT2D eigenvalue weighted by Crippen LogP contribution is 2.21. The van der Waals surface area contributed by atoms with E-state index < -0.39 is 17.7 Å². The van der Waals surface area contributed by atoms with E-state index in [4.69, 9.17) is 5.11 Å². The van der Waals surface area contributed by atoms with Gasteiger partial charge >= 0.3 is 5.97 Å². The molecule has 102 valence electrons. The molecule has 2 N–H and O–H groups in total. The van der Waals surface area contributed by atoms with Crippen LogP contribution in [0.3, 0.4) is 0 Å². The van der Waals surface area contributed by atoms with E-state index in [1.807, 2.05) is 0 Å². The van der Waals surface area contributed by atoms with Gasteiger partial charge in [0.05, 0.1) is 10.0 Å². The molecule has 0 saturated heterocycles. The Labute approximate surface area is 121 Å². The predicted molar refractivity (Wildman–Crippen MR) is 73.2 cm³/mol. The van der Waals surface area contributed by atoms with Gasteiger partial charge in [-0.25, -0.2) is 14.2 Å².